The van der Waals surface area contributed by atoms with Crippen molar-refractivity contribution >= 4 is 22.6 Å². The topological polar surface area (TPSA) is 25.2 Å². The van der Waals surface area contributed by atoms with Crippen molar-refractivity contribution in [3.05, 3.63) is 35.0 Å². The quantitative estimate of drug-likeness (QED) is 0.885. The molecule has 2 nitrogen and oxygen atoms in total. The number of benzene rings is 1. The lowest BCUT2D eigenvalue weighted by Gasteiger charge is -2.10. The molecule has 0 atom stereocenters. The lowest BCUT2D eigenvalue weighted by atomic mass is 10.1. The van der Waals surface area contributed by atoms with Gasteiger partial charge in [-0.3, -0.25) is 0 Å². The average molecular weight is 250 g/mol. The van der Waals surface area contributed by atoms with E-state index in [-0.39, 0.29) is 0 Å². The van der Waals surface area contributed by atoms with Crippen molar-refractivity contribution in [2.24, 2.45) is 0 Å². The molecular formula is C14H16ClNO. The molecule has 0 aliphatic heterocycles. The zero-order valence-corrected chi connectivity index (χ0v) is 10.5. The van der Waals surface area contributed by atoms with Crippen molar-refractivity contribution in [2.75, 3.05) is 0 Å². The number of hydrogen-bond donors (Lipinski definition) is 1. The smallest absolute Gasteiger partial charge is 0.135 e. The van der Waals surface area contributed by atoms with E-state index in [2.05, 4.69) is 5.32 Å². The van der Waals surface area contributed by atoms with Crippen LogP contribution in [0.25, 0.3) is 11.0 Å². The number of halogens is 1. The molecule has 0 amide bonds. The van der Waals surface area contributed by atoms with Gasteiger partial charge in [-0.1, -0.05) is 24.4 Å². The van der Waals surface area contributed by atoms with E-state index in [0.717, 1.165) is 17.2 Å². The van der Waals surface area contributed by atoms with Gasteiger partial charge in [-0.25, -0.2) is 0 Å². The van der Waals surface area contributed by atoms with Crippen LogP contribution in [0.3, 0.4) is 0 Å². The number of hydrogen-bond acceptors (Lipinski definition) is 2. The van der Waals surface area contributed by atoms with Crippen LogP contribution >= 0.6 is 11.6 Å². The van der Waals surface area contributed by atoms with Crippen molar-refractivity contribution in [1.82, 2.24) is 5.32 Å². The molecule has 1 saturated carbocycles. The van der Waals surface area contributed by atoms with Crippen LogP contribution < -0.4 is 5.32 Å². The van der Waals surface area contributed by atoms with Crippen molar-refractivity contribution in [3.63, 3.8) is 0 Å². The Morgan fingerprint density at radius 2 is 2.12 bits per heavy atom. The van der Waals surface area contributed by atoms with E-state index >= 15 is 0 Å². The first-order chi connectivity index (χ1) is 8.33. The fraction of sp³-hybridized carbons (Fsp3) is 0.429. The summed E-state index contributed by atoms with van der Waals surface area (Å²) in [4.78, 5) is 0. The highest BCUT2D eigenvalue weighted by atomic mass is 35.5. The number of nitrogens with one attached hydrogen (secondary N) is 1. The molecule has 1 aromatic carbocycles. The predicted molar refractivity (Wildman–Crippen MR) is 70.3 cm³/mol. The van der Waals surface area contributed by atoms with Gasteiger partial charge in [-0.15, -0.1) is 0 Å². The molecular weight excluding hydrogens is 234 g/mol. The van der Waals surface area contributed by atoms with E-state index in [0.29, 0.717) is 6.04 Å². The Bertz CT molecular complexity index is 514. The summed E-state index contributed by atoms with van der Waals surface area (Å²) in [5.74, 6) is 0. The summed E-state index contributed by atoms with van der Waals surface area (Å²) >= 11 is 5.93. The molecule has 1 heterocycles. The Morgan fingerprint density at radius 3 is 2.94 bits per heavy atom. The van der Waals surface area contributed by atoms with Crippen LogP contribution in [0.2, 0.25) is 5.02 Å². The third-order valence-electron chi connectivity index (χ3n) is 3.55. The molecule has 0 radical (unpaired) electrons. The summed E-state index contributed by atoms with van der Waals surface area (Å²) in [6.07, 6.45) is 7.17. The fourth-order valence-electron chi connectivity index (χ4n) is 2.58. The molecule has 0 bridgehead atoms. The van der Waals surface area contributed by atoms with Gasteiger partial charge < -0.3 is 9.73 Å². The molecule has 1 N–H and O–H groups in total. The highest BCUT2D eigenvalue weighted by Gasteiger charge is 2.15. The molecule has 3 heteroatoms. The van der Waals surface area contributed by atoms with E-state index in [1.807, 2.05) is 24.5 Å². The second kappa shape index (κ2) is 4.71. The van der Waals surface area contributed by atoms with Crippen LogP contribution in [0.1, 0.15) is 31.2 Å². The zero-order chi connectivity index (χ0) is 11.7. The Balaban J connectivity index is 1.76. The molecule has 1 aliphatic carbocycles. The fourth-order valence-corrected chi connectivity index (χ4v) is 2.74. The lowest BCUT2D eigenvalue weighted by molar-refractivity contribution is 0.520. The van der Waals surface area contributed by atoms with Crippen LogP contribution in [0.5, 0.6) is 0 Å². The van der Waals surface area contributed by atoms with Gasteiger partial charge in [0.25, 0.3) is 0 Å². The molecule has 2 aromatic rings. The van der Waals surface area contributed by atoms with Gasteiger partial charge >= 0.3 is 0 Å². The normalized spacial score (nSPS) is 17.0. The predicted octanol–water partition coefficient (Wildman–Crippen LogP) is 4.12. The maximum absolute atomic E-state index is 5.93. The minimum atomic E-state index is 0.687. The van der Waals surface area contributed by atoms with Gasteiger partial charge in [0.05, 0.1) is 6.26 Å². The number of fused-ring (bicyclic) bond motifs is 1. The second-order valence-electron chi connectivity index (χ2n) is 4.76. The van der Waals surface area contributed by atoms with Crippen LogP contribution in [0, 0.1) is 0 Å². The summed E-state index contributed by atoms with van der Waals surface area (Å²) < 4.78 is 5.52. The Kier molecular flexibility index (Phi) is 3.08. The van der Waals surface area contributed by atoms with E-state index in [1.54, 1.807) is 0 Å². The van der Waals surface area contributed by atoms with Crippen molar-refractivity contribution in [1.29, 1.82) is 0 Å². The minimum Gasteiger partial charge on any atom is -0.464 e. The second-order valence-corrected chi connectivity index (χ2v) is 5.20. The molecule has 0 unspecified atom stereocenters. The standard InChI is InChI=1S/C14H16ClNO/c15-11-5-6-13-10(9-17-14(13)7-11)8-16-12-3-1-2-4-12/h5-7,9,12,16H,1-4,8H2. The van der Waals surface area contributed by atoms with E-state index in [9.17, 15) is 0 Å². The highest BCUT2D eigenvalue weighted by Crippen LogP contribution is 2.25. The SMILES string of the molecule is Clc1ccc2c(CNC3CCCC3)coc2c1. The Hall–Kier alpha value is -0.990. The first-order valence-corrected chi connectivity index (χ1v) is 6.60. The molecule has 1 fully saturated rings. The lowest BCUT2D eigenvalue weighted by Crippen LogP contribution is -2.25. The van der Waals surface area contributed by atoms with Crippen LogP contribution in [-0.4, -0.2) is 6.04 Å². The Morgan fingerprint density at radius 1 is 1.29 bits per heavy atom. The molecule has 0 spiro atoms. The zero-order valence-electron chi connectivity index (χ0n) is 9.71. The van der Waals surface area contributed by atoms with Crippen LogP contribution in [0.4, 0.5) is 0 Å². The minimum absolute atomic E-state index is 0.687. The molecule has 1 aromatic heterocycles. The van der Waals surface area contributed by atoms with E-state index < -0.39 is 0 Å². The first-order valence-electron chi connectivity index (χ1n) is 6.22. The molecule has 0 saturated heterocycles. The third kappa shape index (κ3) is 2.33. The Labute approximate surface area is 106 Å². The molecule has 1 aliphatic rings. The largest absolute Gasteiger partial charge is 0.464 e. The molecule has 3 rings (SSSR count). The summed E-state index contributed by atoms with van der Waals surface area (Å²) in [6, 6.07) is 6.51. The van der Waals surface area contributed by atoms with Gasteiger partial charge in [0, 0.05) is 28.6 Å². The summed E-state index contributed by atoms with van der Waals surface area (Å²) in [5.41, 5.74) is 2.10. The summed E-state index contributed by atoms with van der Waals surface area (Å²) in [7, 11) is 0. The average Bonchev–Trinajstić information content (AvgIpc) is 2.94. The number of furan rings is 1. The molecule has 17 heavy (non-hydrogen) atoms. The summed E-state index contributed by atoms with van der Waals surface area (Å²) in [5, 5.41) is 5.49. The molecule has 90 valence electrons. The highest BCUT2D eigenvalue weighted by molar-refractivity contribution is 6.31. The number of rotatable bonds is 3. The van der Waals surface area contributed by atoms with Crippen molar-refractivity contribution < 1.29 is 4.42 Å². The van der Waals surface area contributed by atoms with E-state index in [4.69, 9.17) is 16.0 Å². The van der Waals surface area contributed by atoms with Crippen LogP contribution in [-0.2, 0) is 6.54 Å². The first kappa shape index (κ1) is 11.1. The maximum Gasteiger partial charge on any atom is 0.135 e. The van der Waals surface area contributed by atoms with Crippen LogP contribution in [0.15, 0.2) is 28.9 Å². The maximum atomic E-state index is 5.93. The monoisotopic (exact) mass is 249 g/mol. The summed E-state index contributed by atoms with van der Waals surface area (Å²) in [6.45, 7) is 0.888. The van der Waals surface area contributed by atoms with Gasteiger partial charge in [0.15, 0.2) is 0 Å². The van der Waals surface area contributed by atoms with Crippen molar-refractivity contribution in [3.8, 4) is 0 Å². The van der Waals surface area contributed by atoms with Gasteiger partial charge in [0.2, 0.25) is 0 Å². The van der Waals surface area contributed by atoms with Gasteiger partial charge in [0.1, 0.15) is 5.58 Å². The van der Waals surface area contributed by atoms with Crippen molar-refractivity contribution in [2.45, 2.75) is 38.3 Å². The third-order valence-corrected chi connectivity index (χ3v) is 3.79. The van der Waals surface area contributed by atoms with Gasteiger partial charge in [-0.2, -0.15) is 0 Å². The van der Waals surface area contributed by atoms with Gasteiger partial charge in [-0.05, 0) is 31.0 Å². The van der Waals surface area contributed by atoms with E-state index in [1.165, 1.54) is 36.6 Å².